The zero-order valence-electron chi connectivity index (χ0n) is 11.2. The molecule has 102 valence electrons. The predicted octanol–water partition coefficient (Wildman–Crippen LogP) is 2.34. The van der Waals surface area contributed by atoms with Gasteiger partial charge in [0.25, 0.3) is 0 Å². The summed E-state index contributed by atoms with van der Waals surface area (Å²) in [5, 5.41) is 5.64. The van der Waals surface area contributed by atoms with Crippen molar-refractivity contribution in [3.8, 4) is 0 Å². The van der Waals surface area contributed by atoms with E-state index >= 15 is 0 Å². The van der Waals surface area contributed by atoms with Crippen molar-refractivity contribution in [1.82, 2.24) is 10.2 Å². The third-order valence-corrected chi connectivity index (χ3v) is 4.29. The van der Waals surface area contributed by atoms with Gasteiger partial charge in [-0.2, -0.15) is 0 Å². The summed E-state index contributed by atoms with van der Waals surface area (Å²) < 4.78 is 5.69. The van der Waals surface area contributed by atoms with E-state index in [4.69, 9.17) is 4.74 Å². The van der Waals surface area contributed by atoms with E-state index in [2.05, 4.69) is 34.7 Å². The molecule has 1 saturated heterocycles. The number of likely N-dealkylation sites (N-methyl/N-ethyl adjacent to an activating group) is 1. The third-order valence-electron chi connectivity index (χ3n) is 3.42. The average molecular weight is 268 g/mol. The quantitative estimate of drug-likeness (QED) is 0.732. The summed E-state index contributed by atoms with van der Waals surface area (Å²) in [6.07, 6.45) is 2.94. The molecule has 18 heavy (non-hydrogen) atoms. The molecule has 0 saturated carbocycles. The Morgan fingerprint density at radius 3 is 3.17 bits per heavy atom. The van der Waals surface area contributed by atoms with E-state index in [1.807, 2.05) is 11.3 Å². The van der Waals surface area contributed by atoms with Crippen molar-refractivity contribution in [1.29, 1.82) is 0 Å². The van der Waals surface area contributed by atoms with Gasteiger partial charge in [0.2, 0.25) is 0 Å². The molecule has 0 spiro atoms. The first-order chi connectivity index (χ1) is 8.88. The maximum atomic E-state index is 5.69. The molecule has 2 heterocycles. The molecule has 1 aromatic heterocycles. The van der Waals surface area contributed by atoms with Gasteiger partial charge in [-0.15, -0.1) is 11.3 Å². The van der Waals surface area contributed by atoms with Gasteiger partial charge in [0, 0.05) is 37.7 Å². The molecule has 0 radical (unpaired) electrons. The summed E-state index contributed by atoms with van der Waals surface area (Å²) in [5.41, 5.74) is 0. The molecule has 1 N–H and O–H groups in total. The van der Waals surface area contributed by atoms with Crippen molar-refractivity contribution in [2.45, 2.75) is 32.4 Å². The highest BCUT2D eigenvalue weighted by Gasteiger charge is 2.17. The van der Waals surface area contributed by atoms with Gasteiger partial charge >= 0.3 is 0 Å². The average Bonchev–Trinajstić information content (AvgIpc) is 3.06. The molecule has 1 atom stereocenters. The van der Waals surface area contributed by atoms with Crippen LogP contribution in [0.1, 0.15) is 24.6 Å². The highest BCUT2D eigenvalue weighted by atomic mass is 32.1. The van der Waals surface area contributed by atoms with Crippen molar-refractivity contribution in [2.24, 2.45) is 0 Å². The van der Waals surface area contributed by atoms with Crippen molar-refractivity contribution in [3.05, 3.63) is 22.4 Å². The normalized spacial score (nSPS) is 19.8. The summed E-state index contributed by atoms with van der Waals surface area (Å²) in [7, 11) is 0. The number of rotatable bonds is 8. The van der Waals surface area contributed by atoms with Crippen LogP contribution in [-0.2, 0) is 11.3 Å². The first kappa shape index (κ1) is 14.0. The van der Waals surface area contributed by atoms with Crippen LogP contribution in [0.15, 0.2) is 17.5 Å². The predicted molar refractivity (Wildman–Crippen MR) is 77.1 cm³/mol. The number of hydrogen-bond acceptors (Lipinski definition) is 4. The standard InChI is InChI=1S/C14H24N2OS/c1-2-16(12-13-5-3-9-17-13)8-7-15-11-14-6-4-10-18-14/h4,6,10,13,15H,2-3,5,7-9,11-12H2,1H3. The Kier molecular flexibility index (Phi) is 6.14. The maximum Gasteiger partial charge on any atom is 0.0702 e. The molecular formula is C14H24N2OS. The topological polar surface area (TPSA) is 24.5 Å². The molecule has 0 aromatic carbocycles. The van der Waals surface area contributed by atoms with Gasteiger partial charge in [0.05, 0.1) is 6.10 Å². The number of nitrogens with one attached hydrogen (secondary N) is 1. The van der Waals surface area contributed by atoms with Gasteiger partial charge in [-0.25, -0.2) is 0 Å². The Balaban J connectivity index is 1.58. The van der Waals surface area contributed by atoms with Gasteiger partial charge in [-0.3, -0.25) is 4.90 Å². The number of nitrogens with zero attached hydrogens (tertiary/aromatic N) is 1. The van der Waals surface area contributed by atoms with E-state index in [0.717, 1.165) is 39.3 Å². The van der Waals surface area contributed by atoms with Gasteiger partial charge in [-0.05, 0) is 30.8 Å². The Bertz CT molecular complexity index is 310. The summed E-state index contributed by atoms with van der Waals surface area (Å²) >= 11 is 1.82. The van der Waals surface area contributed by atoms with Crippen LogP contribution in [0.5, 0.6) is 0 Å². The first-order valence-electron chi connectivity index (χ1n) is 6.95. The highest BCUT2D eigenvalue weighted by Crippen LogP contribution is 2.13. The zero-order chi connectivity index (χ0) is 12.6. The van der Waals surface area contributed by atoms with Crippen LogP contribution >= 0.6 is 11.3 Å². The van der Waals surface area contributed by atoms with E-state index in [-0.39, 0.29) is 0 Å². The Morgan fingerprint density at radius 1 is 1.56 bits per heavy atom. The molecule has 1 aromatic rings. The molecule has 1 aliphatic heterocycles. The largest absolute Gasteiger partial charge is 0.377 e. The Labute approximate surface area is 114 Å². The van der Waals surface area contributed by atoms with Gasteiger partial charge in [0.15, 0.2) is 0 Å². The number of ether oxygens (including phenoxy) is 1. The molecule has 0 aliphatic carbocycles. The molecule has 1 unspecified atom stereocenters. The van der Waals surface area contributed by atoms with Gasteiger partial charge in [-0.1, -0.05) is 13.0 Å². The zero-order valence-corrected chi connectivity index (χ0v) is 12.0. The summed E-state index contributed by atoms with van der Waals surface area (Å²) in [4.78, 5) is 3.90. The molecule has 3 nitrogen and oxygen atoms in total. The second-order valence-corrected chi connectivity index (χ2v) is 5.82. The fourth-order valence-corrected chi connectivity index (χ4v) is 2.99. The first-order valence-corrected chi connectivity index (χ1v) is 7.83. The summed E-state index contributed by atoms with van der Waals surface area (Å²) in [5.74, 6) is 0. The Morgan fingerprint density at radius 2 is 2.50 bits per heavy atom. The van der Waals surface area contributed by atoms with E-state index in [9.17, 15) is 0 Å². The summed E-state index contributed by atoms with van der Waals surface area (Å²) in [6, 6.07) is 4.29. The van der Waals surface area contributed by atoms with Crippen LogP contribution in [0.4, 0.5) is 0 Å². The van der Waals surface area contributed by atoms with Gasteiger partial charge in [0.1, 0.15) is 0 Å². The smallest absolute Gasteiger partial charge is 0.0702 e. The van der Waals surface area contributed by atoms with E-state index < -0.39 is 0 Å². The lowest BCUT2D eigenvalue weighted by Crippen LogP contribution is -2.37. The fourth-order valence-electron chi connectivity index (χ4n) is 2.32. The third kappa shape index (κ3) is 4.69. The van der Waals surface area contributed by atoms with Crippen LogP contribution in [0.3, 0.4) is 0 Å². The van der Waals surface area contributed by atoms with Crippen molar-refractivity contribution in [3.63, 3.8) is 0 Å². The molecular weight excluding hydrogens is 244 g/mol. The number of hydrogen-bond donors (Lipinski definition) is 1. The molecule has 0 bridgehead atoms. The summed E-state index contributed by atoms with van der Waals surface area (Å²) in [6.45, 7) is 8.56. The molecule has 1 aliphatic rings. The van der Waals surface area contributed by atoms with Crippen LogP contribution < -0.4 is 5.32 Å². The lowest BCUT2D eigenvalue weighted by atomic mass is 10.2. The SMILES string of the molecule is CCN(CCNCc1cccs1)CC1CCCO1. The van der Waals surface area contributed by atoms with E-state index in [0.29, 0.717) is 6.10 Å². The van der Waals surface area contributed by atoms with E-state index in [1.54, 1.807) is 0 Å². The van der Waals surface area contributed by atoms with E-state index in [1.165, 1.54) is 17.7 Å². The molecule has 4 heteroatoms. The lowest BCUT2D eigenvalue weighted by Gasteiger charge is -2.23. The minimum atomic E-state index is 0.474. The molecule has 0 amide bonds. The lowest BCUT2D eigenvalue weighted by molar-refractivity contribution is 0.0751. The van der Waals surface area contributed by atoms with Crippen molar-refractivity contribution in [2.75, 3.05) is 32.8 Å². The van der Waals surface area contributed by atoms with Crippen LogP contribution in [-0.4, -0.2) is 43.8 Å². The van der Waals surface area contributed by atoms with Crippen molar-refractivity contribution >= 4 is 11.3 Å². The maximum absolute atomic E-state index is 5.69. The monoisotopic (exact) mass is 268 g/mol. The Hall–Kier alpha value is -0.420. The minimum Gasteiger partial charge on any atom is -0.377 e. The van der Waals surface area contributed by atoms with Crippen LogP contribution in [0.2, 0.25) is 0 Å². The molecule has 1 fully saturated rings. The van der Waals surface area contributed by atoms with Crippen LogP contribution in [0, 0.1) is 0 Å². The second kappa shape index (κ2) is 7.89. The van der Waals surface area contributed by atoms with Crippen LogP contribution in [0.25, 0.3) is 0 Å². The fraction of sp³-hybridized carbons (Fsp3) is 0.714. The minimum absolute atomic E-state index is 0.474. The highest BCUT2D eigenvalue weighted by molar-refractivity contribution is 7.09. The second-order valence-electron chi connectivity index (χ2n) is 4.78. The van der Waals surface area contributed by atoms with Crippen molar-refractivity contribution < 1.29 is 4.74 Å². The number of thiophene rings is 1. The van der Waals surface area contributed by atoms with Gasteiger partial charge < -0.3 is 10.1 Å². The molecule has 2 rings (SSSR count).